The highest BCUT2D eigenvalue weighted by atomic mass is 16.3. The van der Waals surface area contributed by atoms with E-state index in [1.165, 1.54) is 66.1 Å². The first-order valence-corrected chi connectivity index (χ1v) is 20.8. The Bertz CT molecular complexity index is 3290. The van der Waals surface area contributed by atoms with Crippen molar-refractivity contribution in [2.24, 2.45) is 0 Å². The van der Waals surface area contributed by atoms with Crippen molar-refractivity contribution in [3.8, 4) is 33.4 Å². The SMILES string of the molecule is CC(C)(C)c1ccc(N(c2ccc3c(c2)C(C)(C)c2cc4ccccc4cc2-3)c2ccc3ccccc3c2-c2cccc3oc4ccccc4c23)c(-c2ccccc2)c1. The van der Waals surface area contributed by atoms with Gasteiger partial charge in [-0.15, -0.1) is 0 Å². The highest BCUT2D eigenvalue weighted by Crippen LogP contribution is 2.54. The molecule has 284 valence electrons. The molecule has 0 amide bonds. The average molecular weight is 760 g/mol. The summed E-state index contributed by atoms with van der Waals surface area (Å²) in [6.45, 7) is 11.7. The van der Waals surface area contributed by atoms with Crippen LogP contribution < -0.4 is 4.90 Å². The summed E-state index contributed by atoms with van der Waals surface area (Å²) in [4.78, 5) is 2.54. The number of nitrogens with zero attached hydrogens (tertiary/aromatic N) is 1. The zero-order valence-corrected chi connectivity index (χ0v) is 34.2. The number of para-hydroxylation sites is 1. The molecule has 0 saturated heterocycles. The summed E-state index contributed by atoms with van der Waals surface area (Å²) in [6, 6.07) is 67.1. The zero-order valence-electron chi connectivity index (χ0n) is 34.2. The Balaban J connectivity index is 1.24. The van der Waals surface area contributed by atoms with E-state index in [0.717, 1.165) is 44.6 Å². The number of rotatable bonds is 5. The van der Waals surface area contributed by atoms with Gasteiger partial charge in [0.05, 0.1) is 11.4 Å². The van der Waals surface area contributed by atoms with Crippen LogP contribution >= 0.6 is 0 Å². The van der Waals surface area contributed by atoms with Crippen molar-refractivity contribution in [2.75, 3.05) is 4.90 Å². The molecule has 59 heavy (non-hydrogen) atoms. The largest absolute Gasteiger partial charge is 0.456 e. The minimum atomic E-state index is -0.206. The Morgan fingerprint density at radius 3 is 1.92 bits per heavy atom. The first-order valence-electron chi connectivity index (χ1n) is 20.8. The smallest absolute Gasteiger partial charge is 0.136 e. The van der Waals surface area contributed by atoms with Gasteiger partial charge in [0, 0.05) is 33.0 Å². The lowest BCUT2D eigenvalue weighted by Gasteiger charge is -2.33. The van der Waals surface area contributed by atoms with Crippen molar-refractivity contribution < 1.29 is 4.42 Å². The normalized spacial score (nSPS) is 13.3. The molecule has 0 N–H and O–H groups in total. The van der Waals surface area contributed by atoms with E-state index in [1.807, 2.05) is 0 Å². The Kier molecular flexibility index (Phi) is 7.81. The van der Waals surface area contributed by atoms with Crippen molar-refractivity contribution in [3.05, 3.63) is 199 Å². The van der Waals surface area contributed by atoms with Crippen molar-refractivity contribution in [1.29, 1.82) is 0 Å². The van der Waals surface area contributed by atoms with E-state index in [1.54, 1.807) is 0 Å². The first-order chi connectivity index (χ1) is 28.6. The average Bonchev–Trinajstić information content (AvgIpc) is 3.74. The molecular weight excluding hydrogens is 715 g/mol. The van der Waals surface area contributed by atoms with E-state index < -0.39 is 0 Å². The van der Waals surface area contributed by atoms with Crippen LogP contribution in [0.1, 0.15) is 51.3 Å². The van der Waals surface area contributed by atoms with Crippen molar-refractivity contribution >= 4 is 60.5 Å². The molecule has 0 aliphatic heterocycles. The molecule has 1 heterocycles. The highest BCUT2D eigenvalue weighted by molar-refractivity contribution is 6.18. The quantitative estimate of drug-likeness (QED) is 0.174. The van der Waals surface area contributed by atoms with Crippen LogP contribution in [-0.2, 0) is 10.8 Å². The maximum Gasteiger partial charge on any atom is 0.136 e. The molecule has 0 saturated carbocycles. The van der Waals surface area contributed by atoms with Crippen LogP contribution in [0, 0.1) is 0 Å². The fourth-order valence-corrected chi connectivity index (χ4v) is 9.72. The van der Waals surface area contributed by atoms with E-state index in [9.17, 15) is 0 Å². The number of hydrogen-bond acceptors (Lipinski definition) is 2. The van der Waals surface area contributed by atoms with Crippen molar-refractivity contribution in [3.63, 3.8) is 0 Å². The molecule has 11 rings (SSSR count). The number of hydrogen-bond donors (Lipinski definition) is 0. The van der Waals surface area contributed by atoms with Gasteiger partial charge in [-0.25, -0.2) is 0 Å². The fourth-order valence-electron chi connectivity index (χ4n) is 9.72. The van der Waals surface area contributed by atoms with Gasteiger partial charge in [-0.1, -0.05) is 162 Å². The Hall–Kier alpha value is -6.90. The zero-order chi connectivity index (χ0) is 40.0. The Morgan fingerprint density at radius 1 is 0.458 bits per heavy atom. The van der Waals surface area contributed by atoms with Gasteiger partial charge >= 0.3 is 0 Å². The van der Waals surface area contributed by atoms with Crippen LogP contribution in [-0.4, -0.2) is 0 Å². The van der Waals surface area contributed by atoms with E-state index in [2.05, 4.69) is 222 Å². The van der Waals surface area contributed by atoms with Gasteiger partial charge in [-0.05, 0) is 121 Å². The number of benzene rings is 9. The molecule has 1 aliphatic carbocycles. The van der Waals surface area contributed by atoms with Crippen molar-refractivity contribution in [2.45, 2.75) is 45.4 Å². The van der Waals surface area contributed by atoms with Gasteiger partial charge in [0.25, 0.3) is 0 Å². The topological polar surface area (TPSA) is 16.4 Å². The van der Waals surface area contributed by atoms with Crippen LogP contribution in [0.3, 0.4) is 0 Å². The van der Waals surface area contributed by atoms with Gasteiger partial charge < -0.3 is 9.32 Å². The third kappa shape index (κ3) is 5.54. The third-order valence-corrected chi connectivity index (χ3v) is 12.8. The maximum absolute atomic E-state index is 6.54. The molecule has 1 aliphatic rings. The third-order valence-electron chi connectivity index (χ3n) is 12.8. The monoisotopic (exact) mass is 759 g/mol. The summed E-state index contributed by atoms with van der Waals surface area (Å²) < 4.78 is 6.54. The molecule has 9 aromatic carbocycles. The summed E-state index contributed by atoms with van der Waals surface area (Å²) in [5, 5.41) is 7.19. The first kappa shape index (κ1) is 35.3. The standard InChI is InChI=1S/C57H45NO/c1-56(2,3)40-27-31-50(46(34-40)36-16-7-6-8-17-36)58(41-28-29-43-47-32-38-19-9-10-20-39(38)33-48(47)57(4,5)49(43)35-41)51-30-26-37-18-11-12-21-42(37)54(51)45-23-15-25-53-55(45)44-22-13-14-24-52(44)59-53/h6-35H,1-5H3. The molecule has 2 nitrogen and oxygen atoms in total. The summed E-state index contributed by atoms with van der Waals surface area (Å²) in [5.41, 5.74) is 16.2. The molecule has 2 heteroatoms. The number of fused-ring (bicyclic) bond motifs is 8. The predicted molar refractivity (Wildman–Crippen MR) is 251 cm³/mol. The van der Waals surface area contributed by atoms with E-state index in [0.29, 0.717) is 0 Å². The summed E-state index contributed by atoms with van der Waals surface area (Å²) in [5.74, 6) is 0. The van der Waals surface area contributed by atoms with Crippen LogP contribution in [0.25, 0.3) is 76.9 Å². The molecule has 0 radical (unpaired) electrons. The lowest BCUT2D eigenvalue weighted by Crippen LogP contribution is -2.18. The van der Waals surface area contributed by atoms with Crippen molar-refractivity contribution in [1.82, 2.24) is 0 Å². The van der Waals surface area contributed by atoms with Gasteiger partial charge in [0.15, 0.2) is 0 Å². The second-order valence-electron chi connectivity index (χ2n) is 17.7. The number of anilines is 3. The summed E-state index contributed by atoms with van der Waals surface area (Å²) in [6.07, 6.45) is 0. The minimum absolute atomic E-state index is 0.0358. The van der Waals surface area contributed by atoms with Crippen LogP contribution in [0.15, 0.2) is 186 Å². The second kappa shape index (κ2) is 13.1. The van der Waals surface area contributed by atoms with Crippen LogP contribution in [0.4, 0.5) is 17.1 Å². The fraction of sp³-hybridized carbons (Fsp3) is 0.123. The van der Waals surface area contributed by atoms with Gasteiger partial charge in [0.2, 0.25) is 0 Å². The summed E-state index contributed by atoms with van der Waals surface area (Å²) >= 11 is 0. The second-order valence-corrected chi connectivity index (χ2v) is 17.7. The van der Waals surface area contributed by atoms with E-state index in [-0.39, 0.29) is 10.8 Å². The van der Waals surface area contributed by atoms with Gasteiger partial charge in [-0.2, -0.15) is 0 Å². The molecule has 1 aromatic heterocycles. The molecule has 0 fully saturated rings. The van der Waals surface area contributed by atoms with Crippen LogP contribution in [0.2, 0.25) is 0 Å². The molecule has 0 bridgehead atoms. The Labute approximate surface area is 346 Å². The van der Waals surface area contributed by atoms with E-state index in [4.69, 9.17) is 4.42 Å². The number of furan rings is 1. The highest BCUT2D eigenvalue weighted by Gasteiger charge is 2.37. The molecule has 0 atom stereocenters. The summed E-state index contributed by atoms with van der Waals surface area (Å²) in [7, 11) is 0. The molecule has 0 spiro atoms. The molecular formula is C57H45NO. The molecule has 0 unspecified atom stereocenters. The lowest BCUT2D eigenvalue weighted by molar-refractivity contribution is 0.590. The Morgan fingerprint density at radius 2 is 1.12 bits per heavy atom. The van der Waals surface area contributed by atoms with E-state index >= 15 is 0 Å². The predicted octanol–water partition coefficient (Wildman–Crippen LogP) is 16.3. The van der Waals surface area contributed by atoms with Gasteiger partial charge in [-0.3, -0.25) is 0 Å². The lowest BCUT2D eigenvalue weighted by atomic mass is 9.81. The maximum atomic E-state index is 6.54. The molecule has 10 aromatic rings. The minimum Gasteiger partial charge on any atom is -0.456 e. The van der Waals surface area contributed by atoms with Gasteiger partial charge in [0.1, 0.15) is 11.2 Å². The van der Waals surface area contributed by atoms with Crippen LogP contribution in [0.5, 0.6) is 0 Å².